The summed E-state index contributed by atoms with van der Waals surface area (Å²) in [5.41, 5.74) is 1.05. The van der Waals surface area contributed by atoms with Gasteiger partial charge in [0.1, 0.15) is 5.75 Å². The molecular weight excluding hydrogens is 318 g/mol. The van der Waals surface area contributed by atoms with E-state index in [0.29, 0.717) is 12.5 Å². The quantitative estimate of drug-likeness (QED) is 0.769. The molecule has 1 heterocycles. The fraction of sp³-hybridized carbons (Fsp3) is 0.562. The molecule has 1 aromatic rings. The average molecular weight is 340 g/mol. The number of carbonyl (C=O) groups is 1. The van der Waals surface area contributed by atoms with Gasteiger partial charge in [-0.05, 0) is 43.4 Å². The van der Waals surface area contributed by atoms with Gasteiger partial charge in [-0.2, -0.15) is 0 Å². The van der Waals surface area contributed by atoms with E-state index in [1.54, 1.807) is 7.11 Å². The van der Waals surface area contributed by atoms with Crippen LogP contribution >= 0.6 is 15.9 Å². The van der Waals surface area contributed by atoms with E-state index in [9.17, 15) is 4.79 Å². The van der Waals surface area contributed by atoms with Crippen molar-refractivity contribution >= 4 is 21.8 Å². The van der Waals surface area contributed by atoms with Crippen molar-refractivity contribution in [2.24, 2.45) is 0 Å². The molecule has 1 unspecified atom stereocenters. The molecule has 3 nitrogen and oxygen atoms in total. The largest absolute Gasteiger partial charge is 0.497 e. The van der Waals surface area contributed by atoms with Crippen LogP contribution in [0, 0.1) is 0 Å². The topological polar surface area (TPSA) is 29.5 Å². The zero-order valence-corrected chi connectivity index (χ0v) is 13.6. The van der Waals surface area contributed by atoms with Gasteiger partial charge in [-0.15, -0.1) is 0 Å². The molecule has 1 aliphatic rings. The van der Waals surface area contributed by atoms with Crippen LogP contribution < -0.4 is 4.74 Å². The van der Waals surface area contributed by atoms with Crippen molar-refractivity contribution in [1.82, 2.24) is 4.90 Å². The van der Waals surface area contributed by atoms with E-state index < -0.39 is 0 Å². The second kappa shape index (κ2) is 7.67. The number of carbonyl (C=O) groups excluding carboxylic acids is 1. The van der Waals surface area contributed by atoms with Crippen LogP contribution in [-0.2, 0) is 11.2 Å². The van der Waals surface area contributed by atoms with Gasteiger partial charge >= 0.3 is 0 Å². The van der Waals surface area contributed by atoms with Crippen LogP contribution in [0.5, 0.6) is 5.75 Å². The number of methoxy groups -OCH3 is 1. The number of amides is 1. The van der Waals surface area contributed by atoms with E-state index in [4.69, 9.17) is 4.74 Å². The van der Waals surface area contributed by atoms with Crippen LogP contribution in [0.1, 0.15) is 31.2 Å². The van der Waals surface area contributed by atoms with Crippen LogP contribution in [0.4, 0.5) is 0 Å². The Bertz CT molecular complexity index is 431. The first-order valence-corrected chi connectivity index (χ1v) is 8.35. The van der Waals surface area contributed by atoms with Crippen LogP contribution in [-0.4, -0.2) is 35.8 Å². The molecule has 0 N–H and O–H groups in total. The predicted octanol–water partition coefficient (Wildman–Crippen LogP) is 3.40. The first-order valence-electron chi connectivity index (χ1n) is 7.23. The van der Waals surface area contributed by atoms with Crippen molar-refractivity contribution in [3.8, 4) is 5.75 Å². The molecular formula is C16H22BrNO2. The molecule has 20 heavy (non-hydrogen) atoms. The minimum absolute atomic E-state index is 0.251. The van der Waals surface area contributed by atoms with Gasteiger partial charge in [0.2, 0.25) is 5.91 Å². The zero-order chi connectivity index (χ0) is 14.4. The lowest BCUT2D eigenvalue weighted by Gasteiger charge is -2.35. The highest BCUT2D eigenvalue weighted by Crippen LogP contribution is 2.22. The van der Waals surface area contributed by atoms with E-state index in [1.807, 2.05) is 24.3 Å². The van der Waals surface area contributed by atoms with Gasteiger partial charge in [0.05, 0.1) is 13.5 Å². The number of benzene rings is 1. The number of rotatable bonds is 5. The second-order valence-electron chi connectivity index (χ2n) is 5.24. The average Bonchev–Trinajstić information content (AvgIpc) is 2.49. The highest BCUT2D eigenvalue weighted by Gasteiger charge is 2.25. The standard InChI is InChI=1S/C16H22BrNO2/c1-20-15-7-5-13(6-8-15)12-16(19)18-11-3-2-4-14(18)9-10-17/h5-8,14H,2-4,9-12H2,1H3. The highest BCUT2D eigenvalue weighted by atomic mass is 79.9. The maximum Gasteiger partial charge on any atom is 0.227 e. The van der Waals surface area contributed by atoms with Crippen molar-refractivity contribution in [1.29, 1.82) is 0 Å². The van der Waals surface area contributed by atoms with Crippen LogP contribution in [0.15, 0.2) is 24.3 Å². The summed E-state index contributed by atoms with van der Waals surface area (Å²) >= 11 is 3.49. The summed E-state index contributed by atoms with van der Waals surface area (Å²) in [6, 6.07) is 8.18. The van der Waals surface area contributed by atoms with Gasteiger partial charge in [0.15, 0.2) is 0 Å². The fourth-order valence-electron chi connectivity index (χ4n) is 2.77. The monoisotopic (exact) mass is 339 g/mol. The molecule has 0 bridgehead atoms. The normalized spacial score (nSPS) is 18.9. The SMILES string of the molecule is COc1ccc(CC(=O)N2CCCCC2CCBr)cc1. The van der Waals surface area contributed by atoms with Crippen molar-refractivity contribution < 1.29 is 9.53 Å². The Morgan fingerprint density at radius 1 is 1.35 bits per heavy atom. The molecule has 0 spiro atoms. The van der Waals surface area contributed by atoms with Gasteiger partial charge in [-0.25, -0.2) is 0 Å². The number of ether oxygens (including phenoxy) is 1. The Morgan fingerprint density at radius 2 is 2.10 bits per heavy atom. The Kier molecular flexibility index (Phi) is 5.89. The molecule has 1 aliphatic heterocycles. The molecule has 110 valence electrons. The number of likely N-dealkylation sites (tertiary alicyclic amines) is 1. The number of piperidine rings is 1. The molecule has 0 radical (unpaired) electrons. The molecule has 1 amide bonds. The van der Waals surface area contributed by atoms with Crippen molar-refractivity contribution in [2.45, 2.75) is 38.1 Å². The van der Waals surface area contributed by atoms with Gasteiger partial charge < -0.3 is 9.64 Å². The number of hydrogen-bond acceptors (Lipinski definition) is 2. The highest BCUT2D eigenvalue weighted by molar-refractivity contribution is 9.09. The van der Waals surface area contributed by atoms with E-state index in [-0.39, 0.29) is 5.91 Å². The molecule has 1 fully saturated rings. The summed E-state index contributed by atoms with van der Waals surface area (Å²) in [6.07, 6.45) is 5.05. The smallest absolute Gasteiger partial charge is 0.227 e. The van der Waals surface area contributed by atoms with Crippen molar-refractivity contribution in [3.63, 3.8) is 0 Å². The lowest BCUT2D eigenvalue weighted by molar-refractivity contribution is -0.134. The number of hydrogen-bond donors (Lipinski definition) is 0. The Morgan fingerprint density at radius 3 is 2.75 bits per heavy atom. The van der Waals surface area contributed by atoms with Crippen molar-refractivity contribution in [2.75, 3.05) is 19.0 Å². The minimum atomic E-state index is 0.251. The summed E-state index contributed by atoms with van der Waals surface area (Å²) < 4.78 is 5.14. The van der Waals surface area contributed by atoms with Crippen molar-refractivity contribution in [3.05, 3.63) is 29.8 Å². The number of halogens is 1. The summed E-state index contributed by atoms with van der Waals surface area (Å²) in [4.78, 5) is 14.6. The third-order valence-electron chi connectivity index (χ3n) is 3.90. The predicted molar refractivity (Wildman–Crippen MR) is 84.5 cm³/mol. The summed E-state index contributed by atoms with van der Waals surface area (Å²) in [5.74, 6) is 1.08. The van der Waals surface area contributed by atoms with Crippen LogP contribution in [0.3, 0.4) is 0 Å². The van der Waals surface area contributed by atoms with Crippen LogP contribution in [0.25, 0.3) is 0 Å². The van der Waals surface area contributed by atoms with Gasteiger partial charge in [-0.3, -0.25) is 4.79 Å². The van der Waals surface area contributed by atoms with E-state index in [1.165, 1.54) is 6.42 Å². The first-order chi connectivity index (χ1) is 9.74. The van der Waals surface area contributed by atoms with Gasteiger partial charge in [0.25, 0.3) is 0 Å². The van der Waals surface area contributed by atoms with E-state index in [0.717, 1.165) is 42.5 Å². The lowest BCUT2D eigenvalue weighted by Crippen LogP contribution is -2.44. The number of alkyl halides is 1. The molecule has 1 aromatic carbocycles. The molecule has 4 heteroatoms. The Balaban J connectivity index is 1.98. The Labute approximate surface area is 129 Å². The second-order valence-corrected chi connectivity index (χ2v) is 6.03. The molecule has 2 rings (SSSR count). The summed E-state index contributed by atoms with van der Waals surface area (Å²) in [6.45, 7) is 0.909. The summed E-state index contributed by atoms with van der Waals surface area (Å²) in [5, 5.41) is 0.962. The van der Waals surface area contributed by atoms with Gasteiger partial charge in [-0.1, -0.05) is 28.1 Å². The molecule has 1 atom stereocenters. The van der Waals surface area contributed by atoms with E-state index >= 15 is 0 Å². The summed E-state index contributed by atoms with van der Waals surface area (Å²) in [7, 11) is 1.65. The third kappa shape index (κ3) is 3.98. The lowest BCUT2D eigenvalue weighted by atomic mass is 9.99. The fourth-order valence-corrected chi connectivity index (χ4v) is 3.30. The van der Waals surface area contributed by atoms with Crippen LogP contribution in [0.2, 0.25) is 0 Å². The zero-order valence-electron chi connectivity index (χ0n) is 12.0. The molecule has 0 aliphatic carbocycles. The van der Waals surface area contributed by atoms with Gasteiger partial charge in [0, 0.05) is 17.9 Å². The maximum absolute atomic E-state index is 12.5. The third-order valence-corrected chi connectivity index (χ3v) is 4.36. The minimum Gasteiger partial charge on any atom is -0.497 e. The molecule has 1 saturated heterocycles. The molecule has 0 aromatic heterocycles. The van der Waals surface area contributed by atoms with E-state index in [2.05, 4.69) is 20.8 Å². The first kappa shape index (κ1) is 15.4. The maximum atomic E-state index is 12.5. The molecule has 0 saturated carbocycles. The Hall–Kier alpha value is -1.03. The number of nitrogens with zero attached hydrogens (tertiary/aromatic N) is 1.